The van der Waals surface area contributed by atoms with Crippen molar-refractivity contribution in [1.82, 2.24) is 25.1 Å². The first kappa shape index (κ1) is 13.2. The molecule has 0 aromatic carbocycles. The van der Waals surface area contributed by atoms with Crippen LogP contribution < -0.4 is 5.32 Å². The monoisotopic (exact) mass is 291 g/mol. The third-order valence-electron chi connectivity index (χ3n) is 3.51. The fraction of sp³-hybridized carbons (Fsp3) is 0.538. The Morgan fingerprint density at radius 2 is 2.35 bits per heavy atom. The predicted molar refractivity (Wildman–Crippen MR) is 75.6 cm³/mol. The molecule has 1 aliphatic heterocycles. The van der Waals surface area contributed by atoms with Crippen LogP contribution in [-0.2, 0) is 24.2 Å². The van der Waals surface area contributed by atoms with Gasteiger partial charge in [0.1, 0.15) is 11.6 Å². The van der Waals surface area contributed by atoms with Gasteiger partial charge in [0.05, 0.1) is 17.1 Å². The zero-order chi connectivity index (χ0) is 14.1. The van der Waals surface area contributed by atoms with Crippen LogP contribution in [0.3, 0.4) is 0 Å². The highest BCUT2D eigenvalue weighted by molar-refractivity contribution is 7.09. The van der Waals surface area contributed by atoms with Crippen LogP contribution in [0.4, 0.5) is 0 Å². The van der Waals surface area contributed by atoms with Gasteiger partial charge in [0, 0.05) is 24.4 Å². The van der Waals surface area contributed by atoms with Crippen molar-refractivity contribution in [2.75, 3.05) is 0 Å². The second kappa shape index (κ2) is 5.32. The molecule has 6 nitrogen and oxygen atoms in total. The second-order valence-electron chi connectivity index (χ2n) is 5.11. The Morgan fingerprint density at radius 1 is 1.50 bits per heavy atom. The van der Waals surface area contributed by atoms with E-state index in [4.69, 9.17) is 0 Å². The van der Waals surface area contributed by atoms with E-state index in [1.54, 1.807) is 11.3 Å². The number of nitrogens with one attached hydrogen (secondary N) is 1. The molecule has 2 aromatic heterocycles. The topological polar surface area (TPSA) is 72.7 Å². The van der Waals surface area contributed by atoms with Crippen LogP contribution in [0.1, 0.15) is 28.8 Å². The van der Waals surface area contributed by atoms with E-state index in [0.29, 0.717) is 6.42 Å². The molecular formula is C13H17N5OS. The number of hydrogen-bond donors (Lipinski definition) is 1. The molecule has 0 fully saturated rings. The SMILES string of the molecule is Cc1nc(CC(=O)N[C@H]2CCc3nnc(C)n3C2)cs1. The Balaban J connectivity index is 1.59. The minimum atomic E-state index is 0.0366. The van der Waals surface area contributed by atoms with Gasteiger partial charge in [0.15, 0.2) is 0 Å². The minimum absolute atomic E-state index is 0.0366. The Labute approximate surface area is 121 Å². The Hall–Kier alpha value is -1.76. The van der Waals surface area contributed by atoms with E-state index in [-0.39, 0.29) is 11.9 Å². The quantitative estimate of drug-likeness (QED) is 0.916. The highest BCUT2D eigenvalue weighted by atomic mass is 32.1. The largest absolute Gasteiger partial charge is 0.351 e. The average molecular weight is 291 g/mol. The molecule has 1 atom stereocenters. The summed E-state index contributed by atoms with van der Waals surface area (Å²) in [6.07, 6.45) is 2.14. The summed E-state index contributed by atoms with van der Waals surface area (Å²) < 4.78 is 2.08. The summed E-state index contributed by atoms with van der Waals surface area (Å²) in [5.41, 5.74) is 0.849. The third kappa shape index (κ3) is 2.72. The average Bonchev–Trinajstić information content (AvgIpc) is 2.97. The van der Waals surface area contributed by atoms with Crippen LogP contribution in [0.2, 0.25) is 0 Å². The molecule has 0 radical (unpaired) electrons. The summed E-state index contributed by atoms with van der Waals surface area (Å²) in [7, 11) is 0. The molecule has 0 saturated carbocycles. The van der Waals surface area contributed by atoms with Crippen molar-refractivity contribution in [1.29, 1.82) is 0 Å². The maximum absolute atomic E-state index is 12.0. The van der Waals surface area contributed by atoms with Crippen LogP contribution in [0.15, 0.2) is 5.38 Å². The molecule has 3 rings (SSSR count). The number of rotatable bonds is 3. The van der Waals surface area contributed by atoms with E-state index in [2.05, 4.69) is 25.1 Å². The van der Waals surface area contributed by atoms with Gasteiger partial charge in [0.2, 0.25) is 5.91 Å². The van der Waals surface area contributed by atoms with Crippen molar-refractivity contribution in [3.63, 3.8) is 0 Å². The van der Waals surface area contributed by atoms with Gasteiger partial charge in [0.25, 0.3) is 0 Å². The summed E-state index contributed by atoms with van der Waals surface area (Å²) >= 11 is 1.57. The lowest BCUT2D eigenvalue weighted by molar-refractivity contribution is -0.121. The zero-order valence-electron chi connectivity index (χ0n) is 11.6. The lowest BCUT2D eigenvalue weighted by atomic mass is 10.1. The molecule has 20 heavy (non-hydrogen) atoms. The number of nitrogens with zero attached hydrogens (tertiary/aromatic N) is 4. The lowest BCUT2D eigenvalue weighted by Crippen LogP contribution is -2.41. The fourth-order valence-electron chi connectivity index (χ4n) is 2.51. The lowest BCUT2D eigenvalue weighted by Gasteiger charge is -2.24. The van der Waals surface area contributed by atoms with E-state index >= 15 is 0 Å². The second-order valence-corrected chi connectivity index (χ2v) is 6.17. The molecule has 1 amide bonds. The number of amides is 1. The highest BCUT2D eigenvalue weighted by Crippen LogP contribution is 2.15. The first-order valence-electron chi connectivity index (χ1n) is 6.71. The number of carbonyl (C=O) groups excluding carboxylic acids is 1. The summed E-state index contributed by atoms with van der Waals surface area (Å²) in [4.78, 5) is 16.4. The van der Waals surface area contributed by atoms with Gasteiger partial charge >= 0.3 is 0 Å². The van der Waals surface area contributed by atoms with Crippen molar-refractivity contribution < 1.29 is 4.79 Å². The smallest absolute Gasteiger partial charge is 0.226 e. The number of aromatic nitrogens is 4. The molecule has 3 heterocycles. The van der Waals surface area contributed by atoms with Crippen molar-refractivity contribution in [2.45, 2.75) is 45.7 Å². The number of aryl methyl sites for hydroxylation is 3. The molecule has 7 heteroatoms. The predicted octanol–water partition coefficient (Wildman–Crippen LogP) is 1.03. The van der Waals surface area contributed by atoms with Gasteiger partial charge in [-0.05, 0) is 20.3 Å². The molecule has 106 valence electrons. The summed E-state index contributed by atoms with van der Waals surface area (Å²) in [5.74, 6) is 1.96. The zero-order valence-corrected chi connectivity index (χ0v) is 12.4. The van der Waals surface area contributed by atoms with Gasteiger partial charge in [-0.3, -0.25) is 4.79 Å². The van der Waals surface area contributed by atoms with Gasteiger partial charge < -0.3 is 9.88 Å². The van der Waals surface area contributed by atoms with Crippen molar-refractivity contribution >= 4 is 17.2 Å². The highest BCUT2D eigenvalue weighted by Gasteiger charge is 2.22. The maximum atomic E-state index is 12.0. The maximum Gasteiger partial charge on any atom is 0.226 e. The first-order valence-corrected chi connectivity index (χ1v) is 7.59. The summed E-state index contributed by atoms with van der Waals surface area (Å²) in [6, 6.07) is 0.157. The molecule has 0 spiro atoms. The van der Waals surface area contributed by atoms with E-state index in [9.17, 15) is 4.79 Å². The standard InChI is InChI=1S/C13H17N5OS/c1-8-16-17-12-4-3-10(6-18(8)12)15-13(19)5-11-7-20-9(2)14-11/h7,10H,3-6H2,1-2H3,(H,15,19)/t10-/m0/s1. The number of hydrogen-bond acceptors (Lipinski definition) is 5. The minimum Gasteiger partial charge on any atom is -0.351 e. The van der Waals surface area contributed by atoms with Crippen molar-refractivity contribution in [3.05, 3.63) is 27.7 Å². The third-order valence-corrected chi connectivity index (χ3v) is 4.33. The normalized spacial score (nSPS) is 17.8. The number of fused-ring (bicyclic) bond motifs is 1. The first-order chi connectivity index (χ1) is 9.61. The van der Waals surface area contributed by atoms with Crippen molar-refractivity contribution in [2.24, 2.45) is 0 Å². The molecule has 1 aliphatic rings. The number of thiazole rings is 1. The molecule has 2 aromatic rings. The Bertz CT molecular complexity index is 632. The molecule has 0 saturated heterocycles. The van der Waals surface area contributed by atoms with Crippen LogP contribution in [-0.4, -0.2) is 31.7 Å². The van der Waals surface area contributed by atoms with Crippen molar-refractivity contribution in [3.8, 4) is 0 Å². The summed E-state index contributed by atoms with van der Waals surface area (Å²) in [5, 5.41) is 14.2. The van der Waals surface area contributed by atoms with Crippen LogP contribution >= 0.6 is 11.3 Å². The number of carbonyl (C=O) groups is 1. The van der Waals surface area contributed by atoms with Gasteiger partial charge in [-0.15, -0.1) is 21.5 Å². The molecular weight excluding hydrogens is 274 g/mol. The van der Waals surface area contributed by atoms with E-state index in [1.165, 1.54) is 0 Å². The molecule has 0 bridgehead atoms. The Kier molecular flexibility index (Phi) is 3.52. The van der Waals surface area contributed by atoms with E-state index < -0.39 is 0 Å². The van der Waals surface area contributed by atoms with E-state index in [0.717, 1.165) is 41.7 Å². The van der Waals surface area contributed by atoms with Gasteiger partial charge in [-0.2, -0.15) is 0 Å². The molecule has 1 N–H and O–H groups in total. The summed E-state index contributed by atoms with van der Waals surface area (Å²) in [6.45, 7) is 4.65. The van der Waals surface area contributed by atoms with E-state index in [1.807, 2.05) is 19.2 Å². The van der Waals surface area contributed by atoms with Gasteiger partial charge in [-0.1, -0.05) is 0 Å². The Morgan fingerprint density at radius 3 is 3.10 bits per heavy atom. The molecule has 0 unspecified atom stereocenters. The fourth-order valence-corrected chi connectivity index (χ4v) is 3.13. The van der Waals surface area contributed by atoms with Gasteiger partial charge in [-0.25, -0.2) is 4.98 Å². The van der Waals surface area contributed by atoms with Crippen LogP contribution in [0.25, 0.3) is 0 Å². The van der Waals surface area contributed by atoms with Crippen LogP contribution in [0.5, 0.6) is 0 Å². The molecule has 0 aliphatic carbocycles. The van der Waals surface area contributed by atoms with Crippen LogP contribution in [0, 0.1) is 13.8 Å².